The Morgan fingerprint density at radius 3 is 1.79 bits per heavy atom. The van der Waals surface area contributed by atoms with Gasteiger partial charge in [0, 0.05) is 36.9 Å². The first-order chi connectivity index (χ1) is 25.8. The molecule has 0 amide bonds. The van der Waals surface area contributed by atoms with Gasteiger partial charge in [-0.15, -0.1) is 11.3 Å². The van der Waals surface area contributed by atoms with E-state index < -0.39 is 0 Å². The third kappa shape index (κ3) is 5.33. The van der Waals surface area contributed by atoms with E-state index in [1.54, 1.807) is 0 Å². The summed E-state index contributed by atoms with van der Waals surface area (Å²) in [5.41, 5.74) is 10.8. The minimum Gasteiger partial charge on any atom is -0.310 e. The number of hydrogen-bond donors (Lipinski definition) is 0. The predicted octanol–water partition coefficient (Wildman–Crippen LogP) is 14.8. The van der Waals surface area contributed by atoms with E-state index in [0.29, 0.717) is 0 Å². The van der Waals surface area contributed by atoms with Crippen LogP contribution in [-0.4, -0.2) is 0 Å². The SMILES string of the molecule is c1ccc(-c2ccc(-c3cccc4sc5ccc(N(c6ccc(-c7ccc8ccccc8c7)cc6)c6cccc7ccccc67)cc5c34)cc2)cc1. The molecule has 9 aromatic carbocycles. The Morgan fingerprint density at radius 2 is 0.942 bits per heavy atom. The molecule has 1 heterocycles. The molecule has 244 valence electrons. The number of thiophene rings is 1. The first-order valence-electron chi connectivity index (χ1n) is 17.8. The molecule has 0 unspecified atom stereocenters. The highest BCUT2D eigenvalue weighted by Crippen LogP contribution is 2.45. The smallest absolute Gasteiger partial charge is 0.0540 e. The second kappa shape index (κ2) is 12.7. The van der Waals surface area contributed by atoms with Gasteiger partial charge in [-0.2, -0.15) is 0 Å². The summed E-state index contributed by atoms with van der Waals surface area (Å²) >= 11 is 1.87. The highest BCUT2D eigenvalue weighted by atomic mass is 32.1. The Labute approximate surface area is 307 Å². The fourth-order valence-corrected chi connectivity index (χ4v) is 8.78. The Kier molecular flexibility index (Phi) is 7.41. The Morgan fingerprint density at radius 1 is 0.327 bits per heavy atom. The quantitative estimate of drug-likeness (QED) is 0.169. The van der Waals surface area contributed by atoms with E-state index in [2.05, 4.69) is 205 Å². The van der Waals surface area contributed by atoms with Crippen molar-refractivity contribution in [3.8, 4) is 33.4 Å². The summed E-state index contributed by atoms with van der Waals surface area (Å²) in [7, 11) is 0. The maximum absolute atomic E-state index is 2.42. The van der Waals surface area contributed by atoms with Crippen LogP contribution in [0.2, 0.25) is 0 Å². The molecule has 1 nitrogen and oxygen atoms in total. The molecule has 0 radical (unpaired) electrons. The average molecular weight is 680 g/mol. The van der Waals surface area contributed by atoms with Gasteiger partial charge in [-0.3, -0.25) is 0 Å². The van der Waals surface area contributed by atoms with Gasteiger partial charge >= 0.3 is 0 Å². The number of nitrogens with zero attached hydrogens (tertiary/aromatic N) is 1. The summed E-state index contributed by atoms with van der Waals surface area (Å²) in [6, 6.07) is 73.0. The van der Waals surface area contributed by atoms with Gasteiger partial charge < -0.3 is 4.90 Å². The Bertz CT molecular complexity index is 2880. The van der Waals surface area contributed by atoms with Gasteiger partial charge in [0.15, 0.2) is 0 Å². The molecule has 0 aliphatic heterocycles. The molecule has 1 aromatic heterocycles. The zero-order chi connectivity index (χ0) is 34.4. The summed E-state index contributed by atoms with van der Waals surface area (Å²) in [6.45, 7) is 0. The molecule has 10 rings (SSSR count). The van der Waals surface area contributed by atoms with Crippen LogP contribution in [0.15, 0.2) is 200 Å². The van der Waals surface area contributed by atoms with Crippen molar-refractivity contribution in [1.82, 2.24) is 0 Å². The molecule has 0 saturated carbocycles. The lowest BCUT2D eigenvalue weighted by molar-refractivity contribution is 1.30. The lowest BCUT2D eigenvalue weighted by Crippen LogP contribution is -2.10. The normalized spacial score (nSPS) is 11.5. The maximum atomic E-state index is 2.42. The van der Waals surface area contributed by atoms with Crippen molar-refractivity contribution in [3.63, 3.8) is 0 Å². The summed E-state index contributed by atoms with van der Waals surface area (Å²) < 4.78 is 2.59. The lowest BCUT2D eigenvalue weighted by atomic mass is 9.96. The van der Waals surface area contributed by atoms with Crippen LogP contribution in [0, 0.1) is 0 Å². The zero-order valence-electron chi connectivity index (χ0n) is 28.4. The molecule has 0 aliphatic rings. The number of benzene rings is 9. The third-order valence-electron chi connectivity index (χ3n) is 10.3. The van der Waals surface area contributed by atoms with Crippen molar-refractivity contribution < 1.29 is 0 Å². The first kappa shape index (κ1) is 30.4. The van der Waals surface area contributed by atoms with Gasteiger partial charge in [0.2, 0.25) is 0 Å². The largest absolute Gasteiger partial charge is 0.310 e. The molecular formula is C50H33NS. The molecular weight excluding hydrogens is 647 g/mol. The molecule has 0 fully saturated rings. The van der Waals surface area contributed by atoms with E-state index in [1.165, 1.54) is 75.1 Å². The number of fused-ring (bicyclic) bond motifs is 5. The first-order valence-corrected chi connectivity index (χ1v) is 18.6. The van der Waals surface area contributed by atoms with Gasteiger partial charge in [0.1, 0.15) is 0 Å². The van der Waals surface area contributed by atoms with Crippen LogP contribution in [-0.2, 0) is 0 Å². The average Bonchev–Trinajstić information content (AvgIpc) is 3.60. The van der Waals surface area contributed by atoms with Crippen LogP contribution in [0.3, 0.4) is 0 Å². The van der Waals surface area contributed by atoms with Crippen LogP contribution in [0.5, 0.6) is 0 Å². The monoisotopic (exact) mass is 679 g/mol. The van der Waals surface area contributed by atoms with E-state index in [-0.39, 0.29) is 0 Å². The summed E-state index contributed by atoms with van der Waals surface area (Å²) in [5, 5.41) is 7.54. The topological polar surface area (TPSA) is 3.24 Å². The predicted molar refractivity (Wildman–Crippen MR) is 225 cm³/mol. The van der Waals surface area contributed by atoms with Gasteiger partial charge in [-0.1, -0.05) is 152 Å². The van der Waals surface area contributed by atoms with Crippen LogP contribution in [0.1, 0.15) is 0 Å². The van der Waals surface area contributed by atoms with E-state index in [4.69, 9.17) is 0 Å². The molecule has 0 saturated heterocycles. The van der Waals surface area contributed by atoms with Gasteiger partial charge in [0.05, 0.1) is 5.69 Å². The van der Waals surface area contributed by atoms with Crippen molar-refractivity contribution >= 4 is 70.1 Å². The lowest BCUT2D eigenvalue weighted by Gasteiger charge is -2.27. The second-order valence-corrected chi connectivity index (χ2v) is 14.4. The van der Waals surface area contributed by atoms with Crippen molar-refractivity contribution in [3.05, 3.63) is 200 Å². The molecule has 10 aromatic rings. The highest BCUT2D eigenvalue weighted by molar-refractivity contribution is 7.26. The van der Waals surface area contributed by atoms with Crippen LogP contribution in [0.25, 0.3) is 75.1 Å². The molecule has 0 spiro atoms. The number of hydrogen-bond acceptors (Lipinski definition) is 2. The van der Waals surface area contributed by atoms with E-state index in [9.17, 15) is 0 Å². The Hall–Kier alpha value is -6.48. The van der Waals surface area contributed by atoms with Crippen LogP contribution >= 0.6 is 11.3 Å². The fraction of sp³-hybridized carbons (Fsp3) is 0. The fourth-order valence-electron chi connectivity index (χ4n) is 7.67. The Balaban J connectivity index is 1.12. The van der Waals surface area contributed by atoms with E-state index in [1.807, 2.05) is 11.3 Å². The second-order valence-electron chi connectivity index (χ2n) is 13.3. The van der Waals surface area contributed by atoms with Crippen molar-refractivity contribution in [2.24, 2.45) is 0 Å². The molecule has 0 atom stereocenters. The standard InChI is InChI=1S/C50H33NS/c1-2-10-34(11-3-1)36-20-23-39(24-21-36)45-17-9-19-49-50(45)46-33-43(30-31-48(46)52-49)51(47-18-8-15-38-13-6-7-16-44(38)47)42-28-26-37(27-29-42)41-25-22-35-12-4-5-14-40(35)32-41/h1-33H. The summed E-state index contributed by atoms with van der Waals surface area (Å²) in [5.74, 6) is 0. The number of rotatable bonds is 6. The maximum Gasteiger partial charge on any atom is 0.0540 e. The van der Waals surface area contributed by atoms with Gasteiger partial charge in [0.25, 0.3) is 0 Å². The van der Waals surface area contributed by atoms with Crippen molar-refractivity contribution in [1.29, 1.82) is 0 Å². The summed E-state index contributed by atoms with van der Waals surface area (Å²) in [4.78, 5) is 2.42. The van der Waals surface area contributed by atoms with E-state index >= 15 is 0 Å². The molecule has 0 N–H and O–H groups in total. The third-order valence-corrected chi connectivity index (χ3v) is 11.4. The van der Waals surface area contributed by atoms with Crippen LogP contribution < -0.4 is 4.90 Å². The minimum atomic E-state index is 1.12. The minimum absolute atomic E-state index is 1.12. The van der Waals surface area contributed by atoms with Crippen molar-refractivity contribution in [2.45, 2.75) is 0 Å². The summed E-state index contributed by atoms with van der Waals surface area (Å²) in [6.07, 6.45) is 0. The molecule has 0 bridgehead atoms. The van der Waals surface area contributed by atoms with E-state index in [0.717, 1.165) is 17.1 Å². The van der Waals surface area contributed by atoms with Gasteiger partial charge in [-0.25, -0.2) is 0 Å². The van der Waals surface area contributed by atoms with Crippen LogP contribution in [0.4, 0.5) is 17.1 Å². The molecule has 52 heavy (non-hydrogen) atoms. The van der Waals surface area contributed by atoms with Crippen molar-refractivity contribution in [2.75, 3.05) is 4.90 Å². The molecule has 2 heteroatoms. The zero-order valence-corrected chi connectivity index (χ0v) is 29.2. The highest BCUT2D eigenvalue weighted by Gasteiger charge is 2.18. The van der Waals surface area contributed by atoms with Gasteiger partial charge in [-0.05, 0) is 98.1 Å². The molecule has 0 aliphatic carbocycles. The number of anilines is 3.